The highest BCUT2D eigenvalue weighted by molar-refractivity contribution is 5.42. The Bertz CT molecular complexity index is 575. The number of anilines is 2. The summed E-state index contributed by atoms with van der Waals surface area (Å²) in [6, 6.07) is 8.08. The fourth-order valence-corrected chi connectivity index (χ4v) is 2.74. The third-order valence-electron chi connectivity index (χ3n) is 3.57. The highest BCUT2D eigenvalue weighted by Gasteiger charge is 2.27. The predicted molar refractivity (Wildman–Crippen MR) is 71.1 cm³/mol. The molecule has 5 nitrogen and oxygen atoms in total. The van der Waals surface area contributed by atoms with Crippen LogP contribution in [0.2, 0.25) is 0 Å². The Morgan fingerprint density at radius 1 is 1.33 bits per heavy atom. The van der Waals surface area contributed by atoms with E-state index in [2.05, 4.69) is 23.1 Å². The summed E-state index contributed by atoms with van der Waals surface area (Å²) >= 11 is 0. The second kappa shape index (κ2) is 4.01. The molecule has 5 heteroatoms. The molecule has 0 spiro atoms. The zero-order valence-electron chi connectivity index (χ0n) is 10.4. The Labute approximate surface area is 106 Å². The van der Waals surface area contributed by atoms with Crippen molar-refractivity contribution in [3.05, 3.63) is 35.7 Å². The summed E-state index contributed by atoms with van der Waals surface area (Å²) in [4.78, 5) is 4.28. The molecule has 1 aliphatic heterocycles. The number of rotatable bonds is 1. The molecule has 0 radical (unpaired) electrons. The van der Waals surface area contributed by atoms with Crippen LogP contribution in [0.3, 0.4) is 0 Å². The van der Waals surface area contributed by atoms with Gasteiger partial charge in [0.15, 0.2) is 0 Å². The Hall–Kier alpha value is -2.04. The molecule has 0 saturated heterocycles. The molecule has 2 atom stereocenters. The Kier molecular flexibility index (Phi) is 2.47. The summed E-state index contributed by atoms with van der Waals surface area (Å²) in [7, 11) is 0. The van der Waals surface area contributed by atoms with Crippen LogP contribution in [-0.2, 0) is 6.54 Å². The van der Waals surface area contributed by atoms with Crippen LogP contribution in [0, 0.1) is 0 Å². The minimum Gasteiger partial charge on any atom is -0.399 e. The fraction of sp³-hybridized carbons (Fsp3) is 0.385. The zero-order valence-corrected chi connectivity index (χ0v) is 10.4. The van der Waals surface area contributed by atoms with E-state index < -0.39 is 0 Å². The first-order chi connectivity index (χ1) is 8.63. The molecule has 1 aromatic heterocycles. The molecule has 0 aliphatic carbocycles. The van der Waals surface area contributed by atoms with Gasteiger partial charge in [-0.15, -0.1) is 5.10 Å². The average Bonchev–Trinajstić information content (AvgIpc) is 2.70. The van der Waals surface area contributed by atoms with E-state index >= 15 is 0 Å². The van der Waals surface area contributed by atoms with Crippen molar-refractivity contribution < 1.29 is 0 Å². The van der Waals surface area contributed by atoms with Crippen LogP contribution in [0.5, 0.6) is 0 Å². The second-order valence-corrected chi connectivity index (χ2v) is 5.01. The summed E-state index contributed by atoms with van der Waals surface area (Å²) in [6.45, 7) is 2.99. The van der Waals surface area contributed by atoms with Gasteiger partial charge in [-0.05, 0) is 24.1 Å². The van der Waals surface area contributed by atoms with Crippen molar-refractivity contribution >= 4 is 11.6 Å². The zero-order chi connectivity index (χ0) is 12.7. The van der Waals surface area contributed by atoms with E-state index in [-0.39, 0.29) is 0 Å². The van der Waals surface area contributed by atoms with Crippen molar-refractivity contribution in [2.24, 2.45) is 0 Å². The molecule has 4 N–H and O–H groups in total. The number of hydrogen-bond acceptors (Lipinski definition) is 4. The van der Waals surface area contributed by atoms with Gasteiger partial charge in [-0.2, -0.15) is 4.98 Å². The highest BCUT2D eigenvalue weighted by atomic mass is 15.4. The maximum atomic E-state index is 5.84. The van der Waals surface area contributed by atoms with E-state index in [4.69, 9.17) is 11.5 Å². The summed E-state index contributed by atoms with van der Waals surface area (Å²) in [5.41, 5.74) is 13.6. The molecular weight excluding hydrogens is 226 g/mol. The molecule has 2 aromatic rings. The first-order valence-corrected chi connectivity index (χ1v) is 6.19. The van der Waals surface area contributed by atoms with Gasteiger partial charge >= 0.3 is 0 Å². The van der Waals surface area contributed by atoms with Crippen molar-refractivity contribution in [1.29, 1.82) is 0 Å². The van der Waals surface area contributed by atoms with Crippen molar-refractivity contribution in [1.82, 2.24) is 14.8 Å². The Morgan fingerprint density at radius 3 is 2.94 bits per heavy atom. The van der Waals surface area contributed by atoms with E-state index in [1.807, 2.05) is 22.9 Å². The quantitative estimate of drug-likeness (QED) is 0.747. The maximum absolute atomic E-state index is 5.84. The van der Waals surface area contributed by atoms with Crippen LogP contribution in [0.15, 0.2) is 24.3 Å². The standard InChI is InChI=1S/C13H17N5/c1-8-5-10(9-3-2-4-11(14)6-9)7-18-12(8)16-13(15)17-18/h2-4,6,8,10H,5,7,14H2,1H3,(H2,15,17). The minimum absolute atomic E-state index is 0.366. The number of fused-ring (bicyclic) bond motifs is 1. The van der Waals surface area contributed by atoms with Gasteiger partial charge in [0, 0.05) is 24.1 Å². The minimum atomic E-state index is 0.366. The number of hydrogen-bond donors (Lipinski definition) is 2. The first kappa shape index (κ1) is 11.1. The number of nitrogen functional groups attached to an aromatic ring is 2. The van der Waals surface area contributed by atoms with Crippen molar-refractivity contribution in [3.8, 4) is 0 Å². The number of benzene rings is 1. The van der Waals surface area contributed by atoms with Gasteiger partial charge in [-0.25, -0.2) is 4.68 Å². The second-order valence-electron chi connectivity index (χ2n) is 5.01. The van der Waals surface area contributed by atoms with E-state index in [1.165, 1.54) is 5.56 Å². The average molecular weight is 243 g/mol. The van der Waals surface area contributed by atoms with Gasteiger partial charge in [-0.3, -0.25) is 0 Å². The third kappa shape index (κ3) is 1.81. The lowest BCUT2D eigenvalue weighted by atomic mass is 9.86. The predicted octanol–water partition coefficient (Wildman–Crippen LogP) is 1.73. The van der Waals surface area contributed by atoms with E-state index in [1.54, 1.807) is 0 Å². The smallest absolute Gasteiger partial charge is 0.239 e. The molecule has 2 unspecified atom stereocenters. The molecule has 18 heavy (non-hydrogen) atoms. The Balaban J connectivity index is 1.94. The van der Waals surface area contributed by atoms with Crippen LogP contribution in [0.1, 0.15) is 36.6 Å². The highest BCUT2D eigenvalue weighted by Crippen LogP contribution is 2.35. The monoisotopic (exact) mass is 243 g/mol. The number of nitrogens with zero attached hydrogens (tertiary/aromatic N) is 3. The lowest BCUT2D eigenvalue weighted by Crippen LogP contribution is -2.22. The SMILES string of the molecule is CC1CC(c2cccc(N)c2)Cn2nc(N)nc21. The molecule has 1 aromatic carbocycles. The lowest BCUT2D eigenvalue weighted by Gasteiger charge is -2.27. The van der Waals surface area contributed by atoms with E-state index in [9.17, 15) is 0 Å². The topological polar surface area (TPSA) is 82.8 Å². The van der Waals surface area contributed by atoms with Gasteiger partial charge in [0.05, 0.1) is 0 Å². The van der Waals surface area contributed by atoms with Crippen molar-refractivity contribution in [3.63, 3.8) is 0 Å². The van der Waals surface area contributed by atoms with Crippen LogP contribution >= 0.6 is 0 Å². The third-order valence-corrected chi connectivity index (χ3v) is 3.57. The maximum Gasteiger partial charge on any atom is 0.239 e. The van der Waals surface area contributed by atoms with Crippen LogP contribution in [-0.4, -0.2) is 14.8 Å². The lowest BCUT2D eigenvalue weighted by molar-refractivity contribution is 0.383. The van der Waals surface area contributed by atoms with Crippen LogP contribution in [0.25, 0.3) is 0 Å². The van der Waals surface area contributed by atoms with E-state index in [0.717, 1.165) is 24.5 Å². The molecule has 0 saturated carbocycles. The molecule has 1 aliphatic rings. The molecule has 94 valence electrons. The summed E-state index contributed by atoms with van der Waals surface area (Å²) in [5, 5.41) is 4.25. The summed E-state index contributed by atoms with van der Waals surface area (Å²) in [6.07, 6.45) is 1.06. The van der Waals surface area contributed by atoms with Crippen molar-refractivity contribution in [2.75, 3.05) is 11.5 Å². The molecule has 3 rings (SSSR count). The number of aromatic nitrogens is 3. The first-order valence-electron chi connectivity index (χ1n) is 6.19. The molecule has 0 fully saturated rings. The Morgan fingerprint density at radius 2 is 2.17 bits per heavy atom. The van der Waals surface area contributed by atoms with Crippen LogP contribution in [0.4, 0.5) is 11.6 Å². The molecular formula is C13H17N5. The fourth-order valence-electron chi connectivity index (χ4n) is 2.74. The normalized spacial score (nSPS) is 22.7. The summed E-state index contributed by atoms with van der Waals surface area (Å²) < 4.78 is 1.93. The van der Waals surface area contributed by atoms with Gasteiger partial charge in [0.25, 0.3) is 0 Å². The molecule has 2 heterocycles. The molecule has 0 bridgehead atoms. The van der Waals surface area contributed by atoms with Crippen LogP contribution < -0.4 is 11.5 Å². The van der Waals surface area contributed by atoms with E-state index in [0.29, 0.717) is 17.8 Å². The van der Waals surface area contributed by atoms with Gasteiger partial charge < -0.3 is 11.5 Å². The summed E-state index contributed by atoms with van der Waals surface area (Å²) in [5.74, 6) is 2.16. The number of nitrogens with two attached hydrogens (primary N) is 2. The van der Waals surface area contributed by atoms with Gasteiger partial charge in [-0.1, -0.05) is 19.1 Å². The van der Waals surface area contributed by atoms with Gasteiger partial charge in [0.2, 0.25) is 5.95 Å². The molecule has 0 amide bonds. The van der Waals surface area contributed by atoms with Gasteiger partial charge in [0.1, 0.15) is 5.82 Å². The van der Waals surface area contributed by atoms with Crippen molar-refractivity contribution in [2.45, 2.75) is 31.7 Å². The largest absolute Gasteiger partial charge is 0.399 e.